The fourth-order valence-corrected chi connectivity index (χ4v) is 2.40. The monoisotopic (exact) mass is 354 g/mol. The summed E-state index contributed by atoms with van der Waals surface area (Å²) in [4.78, 5) is 8.68. The lowest BCUT2D eigenvalue weighted by Crippen LogP contribution is -2.05. The van der Waals surface area contributed by atoms with Crippen molar-refractivity contribution in [3.8, 4) is 0 Å². The largest absolute Gasteiger partial charge is 0.354 e. The summed E-state index contributed by atoms with van der Waals surface area (Å²) in [5, 5.41) is 7.10. The fourth-order valence-electron chi connectivity index (χ4n) is 1.68. The predicted molar refractivity (Wildman–Crippen MR) is 88.1 cm³/mol. The molecule has 0 unspecified atom stereocenters. The number of halogens is 2. The number of hydrogen-bond donors (Lipinski definition) is 2. The van der Waals surface area contributed by atoms with Gasteiger partial charge in [-0.05, 0) is 54.4 Å². The second-order valence-corrected chi connectivity index (χ2v) is 5.72. The molecule has 1 aromatic heterocycles. The Labute approximate surface area is 132 Å². The number of rotatable bonds is 4. The summed E-state index contributed by atoms with van der Waals surface area (Å²) in [6.07, 6.45) is 1.79. The van der Waals surface area contributed by atoms with Crippen LogP contribution in [-0.2, 0) is 0 Å². The third kappa shape index (κ3) is 3.41. The standard InChI is InChI=1S/C14H16BrClN4/c1-4-17-14-18-7-9(3)13(20-14)19-12-6-11(16)8(2)5-10(12)15/h5-7H,4H2,1-3H3,(H2,17,18,19,20). The van der Waals surface area contributed by atoms with Crippen LogP contribution >= 0.6 is 27.5 Å². The van der Waals surface area contributed by atoms with Gasteiger partial charge in [-0.1, -0.05) is 11.6 Å². The number of nitrogens with zero attached hydrogens (tertiary/aromatic N) is 2. The maximum atomic E-state index is 6.17. The van der Waals surface area contributed by atoms with Crippen molar-refractivity contribution < 1.29 is 0 Å². The van der Waals surface area contributed by atoms with Gasteiger partial charge in [0.25, 0.3) is 0 Å². The first-order valence-electron chi connectivity index (χ1n) is 6.31. The molecule has 6 heteroatoms. The van der Waals surface area contributed by atoms with Crippen molar-refractivity contribution >= 4 is 45.0 Å². The first-order valence-corrected chi connectivity index (χ1v) is 7.48. The number of aromatic nitrogens is 2. The second kappa shape index (κ2) is 6.41. The molecule has 2 rings (SSSR count). The topological polar surface area (TPSA) is 49.8 Å². The fraction of sp³-hybridized carbons (Fsp3) is 0.286. The van der Waals surface area contributed by atoms with Gasteiger partial charge < -0.3 is 10.6 Å². The van der Waals surface area contributed by atoms with E-state index in [0.717, 1.165) is 33.6 Å². The van der Waals surface area contributed by atoms with Gasteiger partial charge in [0.15, 0.2) is 0 Å². The van der Waals surface area contributed by atoms with E-state index in [-0.39, 0.29) is 0 Å². The summed E-state index contributed by atoms with van der Waals surface area (Å²) in [7, 11) is 0. The highest BCUT2D eigenvalue weighted by atomic mass is 79.9. The maximum absolute atomic E-state index is 6.17. The van der Waals surface area contributed by atoms with E-state index in [2.05, 4.69) is 36.5 Å². The summed E-state index contributed by atoms with van der Waals surface area (Å²) < 4.78 is 0.947. The molecule has 0 fully saturated rings. The minimum Gasteiger partial charge on any atom is -0.354 e. The predicted octanol–water partition coefficient (Wildman–Crippen LogP) is 4.68. The zero-order valence-corrected chi connectivity index (χ0v) is 13.9. The number of nitrogens with one attached hydrogen (secondary N) is 2. The second-order valence-electron chi connectivity index (χ2n) is 4.46. The molecule has 4 nitrogen and oxygen atoms in total. The highest BCUT2D eigenvalue weighted by molar-refractivity contribution is 9.10. The molecule has 20 heavy (non-hydrogen) atoms. The molecule has 1 aromatic carbocycles. The van der Waals surface area contributed by atoms with Crippen LogP contribution in [0.15, 0.2) is 22.8 Å². The van der Waals surface area contributed by atoms with Gasteiger partial charge in [-0.15, -0.1) is 0 Å². The number of aryl methyl sites for hydroxylation is 2. The Morgan fingerprint density at radius 1 is 1.25 bits per heavy atom. The maximum Gasteiger partial charge on any atom is 0.224 e. The summed E-state index contributed by atoms with van der Waals surface area (Å²) >= 11 is 9.70. The lowest BCUT2D eigenvalue weighted by atomic mass is 10.2. The van der Waals surface area contributed by atoms with Crippen LogP contribution in [-0.4, -0.2) is 16.5 Å². The molecule has 0 saturated carbocycles. The summed E-state index contributed by atoms with van der Waals surface area (Å²) in [6, 6.07) is 3.86. The number of benzene rings is 1. The van der Waals surface area contributed by atoms with E-state index in [1.54, 1.807) is 6.20 Å². The van der Waals surface area contributed by atoms with E-state index in [1.807, 2.05) is 32.9 Å². The summed E-state index contributed by atoms with van der Waals surface area (Å²) in [5.74, 6) is 1.37. The van der Waals surface area contributed by atoms with Crippen molar-refractivity contribution in [3.05, 3.63) is 39.0 Å². The molecular formula is C14H16BrClN4. The van der Waals surface area contributed by atoms with Crippen LogP contribution in [0.2, 0.25) is 5.02 Å². The molecule has 2 aromatic rings. The van der Waals surface area contributed by atoms with Crippen molar-refractivity contribution in [2.45, 2.75) is 20.8 Å². The van der Waals surface area contributed by atoms with Gasteiger partial charge in [-0.2, -0.15) is 4.98 Å². The van der Waals surface area contributed by atoms with Crippen LogP contribution in [0.25, 0.3) is 0 Å². The molecule has 0 aliphatic rings. The lowest BCUT2D eigenvalue weighted by Gasteiger charge is -2.13. The minimum atomic E-state index is 0.606. The highest BCUT2D eigenvalue weighted by Gasteiger charge is 2.08. The summed E-state index contributed by atoms with van der Waals surface area (Å²) in [5.41, 5.74) is 2.87. The molecule has 0 bridgehead atoms. The van der Waals surface area contributed by atoms with E-state index < -0.39 is 0 Å². The smallest absolute Gasteiger partial charge is 0.224 e. The molecule has 0 radical (unpaired) electrons. The molecule has 1 heterocycles. The summed E-state index contributed by atoms with van der Waals surface area (Å²) in [6.45, 7) is 6.72. The average Bonchev–Trinajstić information content (AvgIpc) is 2.40. The lowest BCUT2D eigenvalue weighted by molar-refractivity contribution is 1.07. The molecule has 0 amide bonds. The molecule has 0 saturated heterocycles. The van der Waals surface area contributed by atoms with Gasteiger partial charge in [0.1, 0.15) is 5.82 Å². The number of hydrogen-bond acceptors (Lipinski definition) is 4. The number of anilines is 3. The highest BCUT2D eigenvalue weighted by Crippen LogP contribution is 2.31. The Bertz CT molecular complexity index is 631. The van der Waals surface area contributed by atoms with Gasteiger partial charge in [0.05, 0.1) is 5.69 Å². The molecule has 0 spiro atoms. The Kier molecular flexibility index (Phi) is 4.83. The van der Waals surface area contributed by atoms with E-state index in [9.17, 15) is 0 Å². The molecule has 2 N–H and O–H groups in total. The average molecular weight is 356 g/mol. The molecular weight excluding hydrogens is 340 g/mol. The Balaban J connectivity index is 2.34. The molecule has 106 valence electrons. The zero-order valence-electron chi connectivity index (χ0n) is 11.6. The SMILES string of the molecule is CCNc1ncc(C)c(Nc2cc(Cl)c(C)cc2Br)n1. The van der Waals surface area contributed by atoms with E-state index >= 15 is 0 Å². The first kappa shape index (κ1) is 15.1. The van der Waals surface area contributed by atoms with Gasteiger partial charge in [-0.25, -0.2) is 4.98 Å². The Morgan fingerprint density at radius 3 is 2.70 bits per heavy atom. The van der Waals surface area contributed by atoms with Crippen molar-refractivity contribution in [1.29, 1.82) is 0 Å². The Morgan fingerprint density at radius 2 is 2.00 bits per heavy atom. The molecule has 0 aliphatic carbocycles. The molecule has 0 atom stereocenters. The van der Waals surface area contributed by atoms with Crippen molar-refractivity contribution in [2.24, 2.45) is 0 Å². The third-order valence-corrected chi connectivity index (χ3v) is 3.87. The van der Waals surface area contributed by atoms with Crippen LogP contribution in [0, 0.1) is 13.8 Å². The molecule has 0 aliphatic heterocycles. The first-order chi connectivity index (χ1) is 9.51. The van der Waals surface area contributed by atoms with Gasteiger partial charge in [0.2, 0.25) is 5.95 Å². The third-order valence-electron chi connectivity index (χ3n) is 2.81. The normalized spacial score (nSPS) is 10.4. The quantitative estimate of drug-likeness (QED) is 0.835. The van der Waals surface area contributed by atoms with E-state index in [1.165, 1.54) is 0 Å². The van der Waals surface area contributed by atoms with E-state index in [0.29, 0.717) is 11.0 Å². The van der Waals surface area contributed by atoms with Crippen molar-refractivity contribution in [1.82, 2.24) is 9.97 Å². The van der Waals surface area contributed by atoms with Crippen LogP contribution in [0.4, 0.5) is 17.5 Å². The van der Waals surface area contributed by atoms with Crippen LogP contribution < -0.4 is 10.6 Å². The zero-order chi connectivity index (χ0) is 14.7. The van der Waals surface area contributed by atoms with Crippen LogP contribution in [0.5, 0.6) is 0 Å². The van der Waals surface area contributed by atoms with Gasteiger partial charge >= 0.3 is 0 Å². The minimum absolute atomic E-state index is 0.606. The van der Waals surface area contributed by atoms with Crippen LogP contribution in [0.3, 0.4) is 0 Å². The Hall–Kier alpha value is -1.33. The van der Waals surface area contributed by atoms with E-state index in [4.69, 9.17) is 11.6 Å². The van der Waals surface area contributed by atoms with Crippen molar-refractivity contribution in [3.63, 3.8) is 0 Å². The van der Waals surface area contributed by atoms with Gasteiger partial charge in [0, 0.05) is 27.8 Å². The van der Waals surface area contributed by atoms with Gasteiger partial charge in [-0.3, -0.25) is 0 Å². The van der Waals surface area contributed by atoms with Crippen molar-refractivity contribution in [2.75, 3.05) is 17.2 Å². The van der Waals surface area contributed by atoms with Crippen LogP contribution in [0.1, 0.15) is 18.1 Å².